The van der Waals surface area contributed by atoms with Crippen LogP contribution >= 0.6 is 0 Å². The van der Waals surface area contributed by atoms with Crippen molar-refractivity contribution in [1.82, 2.24) is 14.7 Å². The van der Waals surface area contributed by atoms with E-state index in [1.807, 2.05) is 0 Å². The maximum atomic E-state index is 12.6. The summed E-state index contributed by atoms with van der Waals surface area (Å²) in [5, 5.41) is 0. The van der Waals surface area contributed by atoms with E-state index in [-0.39, 0.29) is 6.04 Å². The van der Waals surface area contributed by atoms with Gasteiger partial charge >= 0.3 is 0 Å². The molecule has 110 valence electrons. The maximum Gasteiger partial charge on any atom is 0.239 e. The van der Waals surface area contributed by atoms with Gasteiger partial charge in [0, 0.05) is 39.3 Å². The molecule has 0 aliphatic carbocycles. The average molecular weight is 267 g/mol. The monoisotopic (exact) mass is 267 g/mol. The van der Waals surface area contributed by atoms with Crippen molar-refractivity contribution in [2.45, 2.75) is 45.6 Å². The van der Waals surface area contributed by atoms with Gasteiger partial charge in [-0.25, -0.2) is 0 Å². The fourth-order valence-corrected chi connectivity index (χ4v) is 3.18. The molecule has 2 aliphatic rings. The Hall–Kier alpha value is -0.610. The van der Waals surface area contributed by atoms with Crippen molar-refractivity contribution in [2.75, 3.05) is 45.8 Å². The van der Waals surface area contributed by atoms with E-state index < -0.39 is 0 Å². The van der Waals surface area contributed by atoms with Crippen molar-refractivity contribution in [3.05, 3.63) is 0 Å². The molecule has 0 saturated carbocycles. The lowest BCUT2D eigenvalue weighted by Crippen LogP contribution is -2.54. The van der Waals surface area contributed by atoms with Crippen LogP contribution in [0.2, 0.25) is 0 Å². The molecule has 0 N–H and O–H groups in total. The third kappa shape index (κ3) is 3.93. The van der Waals surface area contributed by atoms with Crippen LogP contribution in [0, 0.1) is 0 Å². The van der Waals surface area contributed by atoms with Gasteiger partial charge < -0.3 is 9.80 Å². The molecule has 0 radical (unpaired) electrons. The first-order valence-electron chi connectivity index (χ1n) is 7.97. The lowest BCUT2D eigenvalue weighted by atomic mass is 10.2. The molecule has 1 atom stereocenters. The molecule has 2 aliphatic heterocycles. The fraction of sp³-hybridized carbons (Fsp3) is 0.933. The second kappa shape index (κ2) is 7.25. The first-order valence-corrected chi connectivity index (χ1v) is 7.97. The summed E-state index contributed by atoms with van der Waals surface area (Å²) in [7, 11) is 0. The third-order valence-corrected chi connectivity index (χ3v) is 4.68. The molecule has 0 spiro atoms. The Morgan fingerprint density at radius 3 is 2.05 bits per heavy atom. The van der Waals surface area contributed by atoms with Crippen LogP contribution in [-0.4, -0.2) is 72.5 Å². The largest absolute Gasteiger partial charge is 0.341 e. The third-order valence-electron chi connectivity index (χ3n) is 4.68. The molecule has 0 aromatic carbocycles. The van der Waals surface area contributed by atoms with Crippen LogP contribution in [0.5, 0.6) is 0 Å². The van der Waals surface area contributed by atoms with Crippen molar-refractivity contribution >= 4 is 5.91 Å². The van der Waals surface area contributed by atoms with E-state index in [9.17, 15) is 4.79 Å². The van der Waals surface area contributed by atoms with Crippen LogP contribution in [0.25, 0.3) is 0 Å². The molecular formula is C15H29N3O. The van der Waals surface area contributed by atoms with Gasteiger partial charge in [-0.15, -0.1) is 0 Å². The van der Waals surface area contributed by atoms with Gasteiger partial charge in [0.2, 0.25) is 5.91 Å². The van der Waals surface area contributed by atoms with Gasteiger partial charge in [-0.1, -0.05) is 19.8 Å². The van der Waals surface area contributed by atoms with Gasteiger partial charge in [-0.05, 0) is 26.3 Å². The van der Waals surface area contributed by atoms with E-state index in [0.717, 1.165) is 45.8 Å². The summed E-state index contributed by atoms with van der Waals surface area (Å²) in [6.07, 6.45) is 4.94. The van der Waals surface area contributed by atoms with E-state index >= 15 is 0 Å². The second-order valence-electron chi connectivity index (χ2n) is 5.89. The maximum absolute atomic E-state index is 12.6. The van der Waals surface area contributed by atoms with Crippen LogP contribution in [0.3, 0.4) is 0 Å². The molecule has 0 bridgehead atoms. The van der Waals surface area contributed by atoms with Gasteiger partial charge in [-0.3, -0.25) is 9.69 Å². The van der Waals surface area contributed by atoms with Crippen LogP contribution in [-0.2, 0) is 4.79 Å². The molecule has 4 heteroatoms. The van der Waals surface area contributed by atoms with Crippen molar-refractivity contribution in [3.63, 3.8) is 0 Å². The molecule has 1 unspecified atom stereocenters. The van der Waals surface area contributed by atoms with Gasteiger partial charge in [0.05, 0.1) is 6.04 Å². The molecule has 2 heterocycles. The quantitative estimate of drug-likeness (QED) is 0.774. The van der Waals surface area contributed by atoms with Crippen molar-refractivity contribution in [1.29, 1.82) is 0 Å². The number of nitrogens with zero attached hydrogens (tertiary/aromatic N) is 3. The Labute approximate surface area is 117 Å². The van der Waals surface area contributed by atoms with Gasteiger partial charge in [0.25, 0.3) is 0 Å². The van der Waals surface area contributed by atoms with Crippen molar-refractivity contribution in [3.8, 4) is 0 Å². The molecule has 2 fully saturated rings. The highest BCUT2D eigenvalue weighted by Gasteiger charge is 2.28. The minimum absolute atomic E-state index is 0.0668. The molecule has 0 aromatic rings. The Morgan fingerprint density at radius 1 is 0.947 bits per heavy atom. The van der Waals surface area contributed by atoms with E-state index in [1.165, 1.54) is 25.7 Å². The number of rotatable bonds is 3. The number of hydrogen-bond donors (Lipinski definition) is 0. The minimum Gasteiger partial charge on any atom is -0.341 e. The predicted molar refractivity (Wildman–Crippen MR) is 78.2 cm³/mol. The number of piperazine rings is 1. The van der Waals surface area contributed by atoms with E-state index in [4.69, 9.17) is 0 Å². The number of carbonyl (C=O) groups excluding carboxylic acids is 1. The lowest BCUT2D eigenvalue weighted by Gasteiger charge is -2.38. The summed E-state index contributed by atoms with van der Waals surface area (Å²) >= 11 is 0. The van der Waals surface area contributed by atoms with Crippen LogP contribution < -0.4 is 0 Å². The van der Waals surface area contributed by atoms with Crippen LogP contribution in [0.1, 0.15) is 39.5 Å². The number of likely N-dealkylation sites (N-methyl/N-ethyl adjacent to an activating group) is 1. The number of likely N-dealkylation sites (tertiary alicyclic amines) is 1. The first kappa shape index (κ1) is 14.8. The van der Waals surface area contributed by atoms with E-state index in [1.54, 1.807) is 0 Å². The van der Waals surface area contributed by atoms with Gasteiger partial charge in [0.15, 0.2) is 0 Å². The van der Waals surface area contributed by atoms with Crippen molar-refractivity contribution in [2.24, 2.45) is 0 Å². The topological polar surface area (TPSA) is 26.8 Å². The highest BCUT2D eigenvalue weighted by atomic mass is 16.2. The molecule has 19 heavy (non-hydrogen) atoms. The highest BCUT2D eigenvalue weighted by molar-refractivity contribution is 5.81. The standard InChI is InChI=1S/C15H29N3O/c1-3-16-10-12-17(13-11-16)14(2)15(19)18-8-6-4-5-7-9-18/h14H,3-13H2,1-2H3. The molecule has 2 rings (SSSR count). The second-order valence-corrected chi connectivity index (χ2v) is 5.89. The number of hydrogen-bond acceptors (Lipinski definition) is 3. The zero-order valence-corrected chi connectivity index (χ0v) is 12.6. The average Bonchev–Trinajstić information content (AvgIpc) is 2.75. The molecule has 4 nitrogen and oxygen atoms in total. The summed E-state index contributed by atoms with van der Waals surface area (Å²) in [5.74, 6) is 0.354. The molecule has 2 saturated heterocycles. The Kier molecular flexibility index (Phi) is 5.64. The minimum atomic E-state index is 0.0668. The summed E-state index contributed by atoms with van der Waals surface area (Å²) in [6.45, 7) is 11.7. The van der Waals surface area contributed by atoms with Gasteiger partial charge in [-0.2, -0.15) is 0 Å². The normalized spacial score (nSPS) is 25.1. The molecular weight excluding hydrogens is 238 g/mol. The Bertz CT molecular complexity index is 279. The number of amides is 1. The van der Waals surface area contributed by atoms with Crippen LogP contribution in [0.4, 0.5) is 0 Å². The Morgan fingerprint density at radius 2 is 1.53 bits per heavy atom. The summed E-state index contributed by atoms with van der Waals surface area (Å²) in [4.78, 5) is 19.5. The molecule has 1 amide bonds. The summed E-state index contributed by atoms with van der Waals surface area (Å²) < 4.78 is 0. The van der Waals surface area contributed by atoms with Gasteiger partial charge in [0.1, 0.15) is 0 Å². The van der Waals surface area contributed by atoms with E-state index in [0.29, 0.717) is 5.91 Å². The van der Waals surface area contributed by atoms with Crippen LogP contribution in [0.15, 0.2) is 0 Å². The zero-order chi connectivity index (χ0) is 13.7. The SMILES string of the molecule is CCN1CCN(C(C)C(=O)N2CCCCCC2)CC1. The Balaban J connectivity index is 1.84. The smallest absolute Gasteiger partial charge is 0.239 e. The summed E-state index contributed by atoms with van der Waals surface area (Å²) in [5.41, 5.74) is 0. The predicted octanol–water partition coefficient (Wildman–Crippen LogP) is 1.41. The number of carbonyl (C=O) groups is 1. The van der Waals surface area contributed by atoms with Crippen molar-refractivity contribution < 1.29 is 4.79 Å². The first-order chi connectivity index (χ1) is 9.22. The fourth-order valence-electron chi connectivity index (χ4n) is 3.18. The molecule has 0 aromatic heterocycles. The summed E-state index contributed by atoms with van der Waals surface area (Å²) in [6, 6.07) is 0.0668. The highest BCUT2D eigenvalue weighted by Crippen LogP contribution is 2.14. The van der Waals surface area contributed by atoms with E-state index in [2.05, 4.69) is 28.5 Å². The zero-order valence-electron chi connectivity index (χ0n) is 12.6. The lowest BCUT2D eigenvalue weighted by molar-refractivity contribution is -0.137.